The lowest BCUT2D eigenvalue weighted by atomic mass is 10.3. The van der Waals surface area contributed by atoms with Gasteiger partial charge in [0.1, 0.15) is 5.01 Å². The Morgan fingerprint density at radius 3 is 2.56 bits per heavy atom. The highest BCUT2D eigenvalue weighted by Gasteiger charge is 2.07. The molecule has 0 bridgehead atoms. The van der Waals surface area contributed by atoms with Crippen LogP contribution in [0.15, 0.2) is 6.20 Å². The predicted molar refractivity (Wildman–Crippen MR) is 65.5 cm³/mol. The molecule has 2 aromatic heterocycles. The van der Waals surface area contributed by atoms with Crippen LogP contribution in [0.5, 0.6) is 0 Å². The summed E-state index contributed by atoms with van der Waals surface area (Å²) in [5, 5.41) is 5.52. The van der Waals surface area contributed by atoms with E-state index < -0.39 is 0 Å². The van der Waals surface area contributed by atoms with Crippen molar-refractivity contribution in [3.63, 3.8) is 0 Å². The van der Waals surface area contributed by atoms with Crippen molar-refractivity contribution >= 4 is 11.3 Å². The molecule has 5 heteroatoms. The Morgan fingerprint density at radius 2 is 2.06 bits per heavy atom. The SMILES string of the molecule is Cc1nn(Cc2nc(C)c(C)s2)cc1CN. The highest BCUT2D eigenvalue weighted by molar-refractivity contribution is 7.11. The lowest BCUT2D eigenvalue weighted by Crippen LogP contribution is -2.00. The predicted octanol–water partition coefficient (Wildman–Crippen LogP) is 1.77. The number of thiazole rings is 1. The van der Waals surface area contributed by atoms with Gasteiger partial charge in [0.2, 0.25) is 0 Å². The molecule has 0 radical (unpaired) electrons. The van der Waals surface area contributed by atoms with Gasteiger partial charge in [0.25, 0.3) is 0 Å². The number of nitrogens with two attached hydrogens (primary N) is 1. The van der Waals surface area contributed by atoms with Crippen molar-refractivity contribution in [1.82, 2.24) is 14.8 Å². The summed E-state index contributed by atoms with van der Waals surface area (Å²) < 4.78 is 1.91. The Balaban J connectivity index is 2.20. The molecule has 0 fully saturated rings. The van der Waals surface area contributed by atoms with Crippen LogP contribution in [0.25, 0.3) is 0 Å². The van der Waals surface area contributed by atoms with Gasteiger partial charge < -0.3 is 5.73 Å². The van der Waals surface area contributed by atoms with Crippen molar-refractivity contribution in [3.05, 3.63) is 33.0 Å². The lowest BCUT2D eigenvalue weighted by molar-refractivity contribution is 0.675. The zero-order valence-corrected chi connectivity index (χ0v) is 10.6. The quantitative estimate of drug-likeness (QED) is 0.883. The van der Waals surface area contributed by atoms with Gasteiger partial charge in [-0.25, -0.2) is 4.98 Å². The molecule has 0 aromatic carbocycles. The van der Waals surface area contributed by atoms with Crippen LogP contribution in [0.3, 0.4) is 0 Å². The first-order chi connectivity index (χ1) is 7.60. The van der Waals surface area contributed by atoms with Gasteiger partial charge in [-0.05, 0) is 20.8 Å². The van der Waals surface area contributed by atoms with Crippen molar-refractivity contribution in [2.24, 2.45) is 5.73 Å². The number of aromatic nitrogens is 3. The normalized spacial score (nSPS) is 11.0. The van der Waals surface area contributed by atoms with Crippen LogP contribution in [0, 0.1) is 20.8 Å². The molecule has 0 saturated carbocycles. The third-order valence-electron chi connectivity index (χ3n) is 2.64. The van der Waals surface area contributed by atoms with E-state index in [0.29, 0.717) is 6.54 Å². The molecule has 0 saturated heterocycles. The van der Waals surface area contributed by atoms with Gasteiger partial charge in [-0.2, -0.15) is 5.10 Å². The Bertz CT molecular complexity index is 479. The van der Waals surface area contributed by atoms with E-state index in [9.17, 15) is 0 Å². The van der Waals surface area contributed by atoms with Gasteiger partial charge in [-0.15, -0.1) is 11.3 Å². The summed E-state index contributed by atoms with van der Waals surface area (Å²) in [6.45, 7) is 7.39. The number of hydrogen-bond acceptors (Lipinski definition) is 4. The molecule has 0 amide bonds. The van der Waals surface area contributed by atoms with Gasteiger partial charge in [0.15, 0.2) is 0 Å². The van der Waals surface area contributed by atoms with Crippen LogP contribution in [0.4, 0.5) is 0 Å². The molecule has 0 aliphatic rings. The monoisotopic (exact) mass is 236 g/mol. The average molecular weight is 236 g/mol. The summed E-state index contributed by atoms with van der Waals surface area (Å²) in [7, 11) is 0. The zero-order chi connectivity index (χ0) is 11.7. The number of hydrogen-bond donors (Lipinski definition) is 1. The maximum atomic E-state index is 5.62. The van der Waals surface area contributed by atoms with Crippen molar-refractivity contribution in [2.75, 3.05) is 0 Å². The van der Waals surface area contributed by atoms with Gasteiger partial charge in [-0.3, -0.25) is 4.68 Å². The third kappa shape index (κ3) is 2.15. The fourth-order valence-corrected chi connectivity index (χ4v) is 2.51. The molecule has 0 unspecified atom stereocenters. The van der Waals surface area contributed by atoms with Crippen LogP contribution in [0.2, 0.25) is 0 Å². The van der Waals surface area contributed by atoms with Crippen molar-refractivity contribution in [1.29, 1.82) is 0 Å². The van der Waals surface area contributed by atoms with Crippen molar-refractivity contribution < 1.29 is 0 Å². The zero-order valence-electron chi connectivity index (χ0n) is 9.82. The Kier molecular flexibility index (Phi) is 3.07. The molecule has 0 aliphatic heterocycles. The molecule has 0 aliphatic carbocycles. The molecule has 4 nitrogen and oxygen atoms in total. The summed E-state index contributed by atoms with van der Waals surface area (Å²) in [5.74, 6) is 0. The Labute approximate surface area is 99.1 Å². The first-order valence-electron chi connectivity index (χ1n) is 5.26. The molecule has 0 atom stereocenters. The average Bonchev–Trinajstić information content (AvgIpc) is 2.72. The van der Waals surface area contributed by atoms with E-state index in [1.807, 2.05) is 24.7 Å². The van der Waals surface area contributed by atoms with E-state index in [1.165, 1.54) is 4.88 Å². The van der Waals surface area contributed by atoms with Crippen molar-refractivity contribution in [3.8, 4) is 0 Å². The summed E-state index contributed by atoms with van der Waals surface area (Å²) >= 11 is 1.73. The number of rotatable bonds is 3. The number of aryl methyl sites for hydroxylation is 3. The minimum absolute atomic E-state index is 0.543. The molecule has 2 rings (SSSR count). The second-order valence-electron chi connectivity index (χ2n) is 3.89. The molecule has 86 valence electrons. The first-order valence-corrected chi connectivity index (χ1v) is 6.07. The smallest absolute Gasteiger partial charge is 0.115 e. The fraction of sp³-hybridized carbons (Fsp3) is 0.455. The van der Waals surface area contributed by atoms with Crippen LogP contribution >= 0.6 is 11.3 Å². The second kappa shape index (κ2) is 4.35. The van der Waals surface area contributed by atoms with E-state index in [-0.39, 0.29) is 0 Å². The largest absolute Gasteiger partial charge is 0.326 e. The second-order valence-corrected chi connectivity index (χ2v) is 5.18. The molecule has 2 N–H and O–H groups in total. The fourth-order valence-electron chi connectivity index (χ4n) is 1.59. The standard InChI is InChI=1S/C11H16N4S/c1-7-9(3)16-11(13-7)6-15-5-10(4-12)8(2)14-15/h5H,4,6,12H2,1-3H3. The maximum absolute atomic E-state index is 5.62. The maximum Gasteiger partial charge on any atom is 0.115 e. The van der Waals surface area contributed by atoms with Crippen LogP contribution in [-0.2, 0) is 13.1 Å². The van der Waals surface area contributed by atoms with E-state index in [1.54, 1.807) is 11.3 Å². The molecule has 2 heterocycles. The third-order valence-corrected chi connectivity index (χ3v) is 3.70. The molecular formula is C11H16N4S. The van der Waals surface area contributed by atoms with E-state index in [4.69, 9.17) is 5.73 Å². The van der Waals surface area contributed by atoms with Crippen LogP contribution in [0.1, 0.15) is 26.8 Å². The first kappa shape index (κ1) is 11.3. The van der Waals surface area contributed by atoms with Crippen LogP contribution in [-0.4, -0.2) is 14.8 Å². The summed E-state index contributed by atoms with van der Waals surface area (Å²) in [5.41, 5.74) is 8.84. The molecule has 16 heavy (non-hydrogen) atoms. The van der Waals surface area contributed by atoms with Gasteiger partial charge >= 0.3 is 0 Å². The minimum Gasteiger partial charge on any atom is -0.326 e. The summed E-state index contributed by atoms with van der Waals surface area (Å²) in [6, 6.07) is 0. The summed E-state index contributed by atoms with van der Waals surface area (Å²) in [4.78, 5) is 5.77. The van der Waals surface area contributed by atoms with Crippen LogP contribution < -0.4 is 5.73 Å². The highest BCUT2D eigenvalue weighted by atomic mass is 32.1. The summed E-state index contributed by atoms with van der Waals surface area (Å²) in [6.07, 6.45) is 2.00. The lowest BCUT2D eigenvalue weighted by Gasteiger charge is -1.95. The molecule has 0 spiro atoms. The Hall–Kier alpha value is -1.20. The Morgan fingerprint density at radius 1 is 1.31 bits per heavy atom. The van der Waals surface area contributed by atoms with E-state index in [0.717, 1.165) is 28.5 Å². The number of nitrogens with zero attached hydrogens (tertiary/aromatic N) is 3. The van der Waals surface area contributed by atoms with Gasteiger partial charge in [-0.1, -0.05) is 0 Å². The highest BCUT2D eigenvalue weighted by Crippen LogP contribution is 2.17. The van der Waals surface area contributed by atoms with Gasteiger partial charge in [0, 0.05) is 23.2 Å². The minimum atomic E-state index is 0.543. The van der Waals surface area contributed by atoms with E-state index >= 15 is 0 Å². The topological polar surface area (TPSA) is 56.7 Å². The van der Waals surface area contributed by atoms with Crippen molar-refractivity contribution in [2.45, 2.75) is 33.9 Å². The van der Waals surface area contributed by atoms with Gasteiger partial charge in [0.05, 0.1) is 17.9 Å². The van der Waals surface area contributed by atoms with E-state index in [2.05, 4.69) is 17.0 Å². The molecule has 2 aromatic rings. The molecular weight excluding hydrogens is 220 g/mol.